The molecule has 0 heterocycles. The number of carbonyl (C=O) groups excluding carboxylic acids is 1. The van der Waals surface area contributed by atoms with Gasteiger partial charge >= 0.3 is 0 Å². The summed E-state index contributed by atoms with van der Waals surface area (Å²) in [5.41, 5.74) is 1.21. The number of halogens is 1. The van der Waals surface area contributed by atoms with Crippen LogP contribution in [0.5, 0.6) is 0 Å². The van der Waals surface area contributed by atoms with Crippen molar-refractivity contribution in [3.8, 4) is 0 Å². The molecular formula is C12H14ClNO. The van der Waals surface area contributed by atoms with Crippen LogP contribution in [0.4, 0.5) is 0 Å². The maximum Gasteiger partial charge on any atom is 0.235 e. The highest BCUT2D eigenvalue weighted by molar-refractivity contribution is 6.30. The van der Waals surface area contributed by atoms with Crippen LogP contribution < -0.4 is 0 Å². The van der Waals surface area contributed by atoms with E-state index < -0.39 is 0 Å². The molecule has 2 unspecified atom stereocenters. The van der Waals surface area contributed by atoms with Crippen LogP contribution in [-0.4, -0.2) is 12.1 Å². The minimum absolute atomic E-state index is 0.0122. The summed E-state index contributed by atoms with van der Waals surface area (Å²) in [6.45, 7) is 3.99. The highest BCUT2D eigenvalue weighted by atomic mass is 35.5. The van der Waals surface area contributed by atoms with Gasteiger partial charge in [-0.2, -0.15) is 0 Å². The number of rotatable bonds is 4. The van der Waals surface area contributed by atoms with Gasteiger partial charge in [-0.05, 0) is 37.0 Å². The van der Waals surface area contributed by atoms with Gasteiger partial charge in [-0.3, -0.25) is 0 Å². The average molecular weight is 224 g/mol. The Kier molecular flexibility index (Phi) is 4.54. The molecule has 0 fully saturated rings. The summed E-state index contributed by atoms with van der Waals surface area (Å²) in [5, 5.41) is 0.741. The van der Waals surface area contributed by atoms with E-state index in [2.05, 4.69) is 11.9 Å². The first kappa shape index (κ1) is 12.0. The Hall–Kier alpha value is -1.11. The fraction of sp³-hybridized carbons (Fsp3) is 0.417. The molecule has 0 spiro atoms. The second kappa shape index (κ2) is 5.69. The molecule has 0 N–H and O–H groups in total. The summed E-state index contributed by atoms with van der Waals surface area (Å²) in [4.78, 5) is 13.8. The number of hydrogen-bond acceptors (Lipinski definition) is 2. The highest BCUT2D eigenvalue weighted by Crippen LogP contribution is 2.16. The summed E-state index contributed by atoms with van der Waals surface area (Å²) in [7, 11) is 0. The number of nitrogens with zero attached hydrogens (tertiary/aromatic N) is 1. The van der Waals surface area contributed by atoms with Crippen LogP contribution in [0.25, 0.3) is 0 Å². The van der Waals surface area contributed by atoms with Crippen molar-refractivity contribution in [1.29, 1.82) is 0 Å². The Morgan fingerprint density at radius 1 is 1.33 bits per heavy atom. The lowest BCUT2D eigenvalue weighted by Crippen LogP contribution is -2.13. The van der Waals surface area contributed by atoms with Crippen molar-refractivity contribution in [3.05, 3.63) is 34.9 Å². The molecule has 2 nitrogen and oxygen atoms in total. The van der Waals surface area contributed by atoms with E-state index in [0.717, 1.165) is 11.4 Å². The van der Waals surface area contributed by atoms with Crippen LogP contribution in [0, 0.1) is 5.92 Å². The molecule has 0 aliphatic heterocycles. The van der Waals surface area contributed by atoms with Crippen LogP contribution in [-0.2, 0) is 11.2 Å². The van der Waals surface area contributed by atoms with E-state index in [4.69, 9.17) is 11.6 Å². The zero-order valence-corrected chi connectivity index (χ0v) is 9.66. The SMILES string of the molecule is CC(Cc1ccc(Cl)cc1)C(C)N=C=O. The summed E-state index contributed by atoms with van der Waals surface area (Å²) in [5.74, 6) is 0.327. The highest BCUT2D eigenvalue weighted by Gasteiger charge is 2.11. The first-order chi connectivity index (χ1) is 7.13. The van der Waals surface area contributed by atoms with Gasteiger partial charge in [0.15, 0.2) is 0 Å². The van der Waals surface area contributed by atoms with Crippen LogP contribution in [0.1, 0.15) is 19.4 Å². The monoisotopic (exact) mass is 223 g/mol. The fourth-order valence-electron chi connectivity index (χ4n) is 1.37. The molecular weight excluding hydrogens is 210 g/mol. The summed E-state index contributed by atoms with van der Waals surface area (Å²) >= 11 is 5.79. The zero-order chi connectivity index (χ0) is 11.3. The largest absolute Gasteiger partial charge is 0.235 e. The predicted octanol–water partition coefficient (Wildman–Crippen LogP) is 3.24. The second-order valence-corrected chi connectivity index (χ2v) is 4.21. The van der Waals surface area contributed by atoms with Crippen LogP contribution in [0.2, 0.25) is 5.02 Å². The van der Waals surface area contributed by atoms with Crippen molar-refractivity contribution in [3.63, 3.8) is 0 Å². The summed E-state index contributed by atoms with van der Waals surface area (Å²) in [6, 6.07) is 7.75. The second-order valence-electron chi connectivity index (χ2n) is 3.77. The zero-order valence-electron chi connectivity index (χ0n) is 8.90. The van der Waals surface area contributed by atoms with Gasteiger partial charge in [0.25, 0.3) is 0 Å². The smallest absolute Gasteiger partial charge is 0.211 e. The van der Waals surface area contributed by atoms with E-state index in [1.54, 1.807) is 6.08 Å². The Labute approximate surface area is 95.0 Å². The number of hydrogen-bond donors (Lipinski definition) is 0. The van der Waals surface area contributed by atoms with Crippen molar-refractivity contribution in [2.75, 3.05) is 0 Å². The predicted molar refractivity (Wildman–Crippen MR) is 61.9 cm³/mol. The molecule has 0 amide bonds. The van der Waals surface area contributed by atoms with Crippen molar-refractivity contribution in [2.24, 2.45) is 10.9 Å². The van der Waals surface area contributed by atoms with E-state index in [9.17, 15) is 4.79 Å². The van der Waals surface area contributed by atoms with Gasteiger partial charge < -0.3 is 0 Å². The molecule has 0 saturated carbocycles. The van der Waals surface area contributed by atoms with Crippen molar-refractivity contribution < 1.29 is 4.79 Å². The molecule has 1 rings (SSSR count). The number of aliphatic imine (C=N–C) groups is 1. The van der Waals surface area contributed by atoms with Crippen molar-refractivity contribution >= 4 is 17.7 Å². The van der Waals surface area contributed by atoms with E-state index >= 15 is 0 Å². The molecule has 2 atom stereocenters. The lowest BCUT2D eigenvalue weighted by Gasteiger charge is -2.14. The molecule has 15 heavy (non-hydrogen) atoms. The Morgan fingerprint density at radius 3 is 2.47 bits per heavy atom. The normalized spacial score (nSPS) is 14.1. The third kappa shape index (κ3) is 3.86. The van der Waals surface area contributed by atoms with Gasteiger partial charge in [0.05, 0.1) is 6.04 Å². The average Bonchev–Trinajstić information content (AvgIpc) is 2.22. The van der Waals surface area contributed by atoms with Gasteiger partial charge in [-0.25, -0.2) is 9.79 Å². The van der Waals surface area contributed by atoms with Gasteiger partial charge in [0, 0.05) is 5.02 Å². The minimum atomic E-state index is 0.0122. The van der Waals surface area contributed by atoms with Crippen molar-refractivity contribution in [1.82, 2.24) is 0 Å². The first-order valence-electron chi connectivity index (χ1n) is 4.95. The molecule has 0 aromatic heterocycles. The molecule has 0 aliphatic carbocycles. The summed E-state index contributed by atoms with van der Waals surface area (Å²) < 4.78 is 0. The third-order valence-corrected chi connectivity index (χ3v) is 2.80. The van der Waals surface area contributed by atoms with E-state index in [0.29, 0.717) is 5.92 Å². The molecule has 1 aromatic carbocycles. The lowest BCUT2D eigenvalue weighted by molar-refractivity contribution is 0.476. The molecule has 0 bridgehead atoms. The van der Waals surface area contributed by atoms with Crippen LogP contribution in [0.15, 0.2) is 29.3 Å². The number of isocyanates is 1. The maximum absolute atomic E-state index is 10.1. The van der Waals surface area contributed by atoms with Gasteiger partial charge in [0.2, 0.25) is 6.08 Å². The van der Waals surface area contributed by atoms with E-state index in [1.807, 2.05) is 31.2 Å². The van der Waals surface area contributed by atoms with E-state index in [-0.39, 0.29) is 6.04 Å². The first-order valence-corrected chi connectivity index (χ1v) is 5.32. The third-order valence-electron chi connectivity index (χ3n) is 2.55. The van der Waals surface area contributed by atoms with E-state index in [1.165, 1.54) is 5.56 Å². The topological polar surface area (TPSA) is 29.4 Å². The molecule has 0 radical (unpaired) electrons. The molecule has 0 saturated heterocycles. The maximum atomic E-state index is 10.1. The van der Waals surface area contributed by atoms with Crippen molar-refractivity contribution in [2.45, 2.75) is 26.3 Å². The van der Waals surface area contributed by atoms with Gasteiger partial charge in [-0.15, -0.1) is 0 Å². The molecule has 1 aromatic rings. The Balaban J connectivity index is 2.61. The van der Waals surface area contributed by atoms with Gasteiger partial charge in [0.1, 0.15) is 0 Å². The molecule has 0 aliphatic rings. The summed E-state index contributed by atoms with van der Waals surface area (Å²) in [6.07, 6.45) is 2.49. The Bertz CT molecular complexity index is 354. The fourth-order valence-corrected chi connectivity index (χ4v) is 1.50. The molecule has 80 valence electrons. The molecule has 3 heteroatoms. The van der Waals surface area contributed by atoms with Gasteiger partial charge in [-0.1, -0.05) is 30.7 Å². The standard InChI is InChI=1S/C12H14ClNO/c1-9(10(2)14-8-15)7-11-3-5-12(13)6-4-11/h3-6,9-10H,7H2,1-2H3. The quantitative estimate of drug-likeness (QED) is 0.569. The Morgan fingerprint density at radius 2 is 1.93 bits per heavy atom. The van der Waals surface area contributed by atoms with Crippen LogP contribution in [0.3, 0.4) is 0 Å². The number of benzene rings is 1. The lowest BCUT2D eigenvalue weighted by atomic mass is 9.95. The minimum Gasteiger partial charge on any atom is -0.211 e. The van der Waals surface area contributed by atoms with Crippen LogP contribution >= 0.6 is 11.6 Å².